The number of fused-ring (bicyclic) bond motifs is 1. The number of nitrogens with zero attached hydrogens (tertiary/aromatic N) is 3. The molecule has 7 heteroatoms. The van der Waals surface area contributed by atoms with Gasteiger partial charge in [0.25, 0.3) is 5.56 Å². The first-order valence-electron chi connectivity index (χ1n) is 7.58. The molecule has 0 fully saturated rings. The zero-order valence-electron chi connectivity index (χ0n) is 13.7. The fourth-order valence-electron chi connectivity index (χ4n) is 2.77. The van der Waals surface area contributed by atoms with Crippen LogP contribution in [0.3, 0.4) is 0 Å². The Hall–Kier alpha value is -3.06. The van der Waals surface area contributed by atoms with Crippen molar-refractivity contribution in [2.75, 3.05) is 14.2 Å². The zero-order chi connectivity index (χ0) is 17.4. The monoisotopic (exact) mass is 353 g/mol. The maximum Gasteiger partial charge on any atom is 0.282 e. The van der Waals surface area contributed by atoms with Gasteiger partial charge in [-0.05, 0) is 29.8 Å². The van der Waals surface area contributed by atoms with E-state index >= 15 is 0 Å². The van der Waals surface area contributed by atoms with Crippen LogP contribution in [0.15, 0.2) is 59.2 Å². The Morgan fingerprint density at radius 3 is 2.56 bits per heavy atom. The first-order valence-corrected chi connectivity index (χ1v) is 8.46. The molecule has 0 N–H and O–H groups in total. The summed E-state index contributed by atoms with van der Waals surface area (Å²) in [6, 6.07) is 9.33. The van der Waals surface area contributed by atoms with Gasteiger partial charge in [0.1, 0.15) is 11.2 Å². The van der Waals surface area contributed by atoms with Crippen molar-refractivity contribution in [3.8, 4) is 22.6 Å². The topological polar surface area (TPSA) is 58.3 Å². The van der Waals surface area contributed by atoms with E-state index in [-0.39, 0.29) is 5.56 Å². The molecule has 0 unspecified atom stereocenters. The highest BCUT2D eigenvalue weighted by Gasteiger charge is 2.15. The first kappa shape index (κ1) is 15.5. The summed E-state index contributed by atoms with van der Waals surface area (Å²) < 4.78 is 13.8. The third-order valence-electron chi connectivity index (χ3n) is 4.01. The molecule has 4 aromatic rings. The molecule has 1 aromatic carbocycles. The minimum absolute atomic E-state index is 0.118. The number of hydrogen-bond donors (Lipinski definition) is 0. The van der Waals surface area contributed by atoms with Gasteiger partial charge in [0.15, 0.2) is 11.5 Å². The van der Waals surface area contributed by atoms with E-state index in [4.69, 9.17) is 9.47 Å². The Kier molecular flexibility index (Phi) is 3.77. The number of ether oxygens (including phenoxy) is 2. The molecule has 0 spiro atoms. The molecule has 0 radical (unpaired) electrons. The van der Waals surface area contributed by atoms with Crippen LogP contribution in [0.1, 0.15) is 0 Å². The van der Waals surface area contributed by atoms with Crippen LogP contribution in [0, 0.1) is 0 Å². The van der Waals surface area contributed by atoms with Gasteiger partial charge in [0, 0.05) is 23.3 Å². The van der Waals surface area contributed by atoms with Crippen molar-refractivity contribution < 1.29 is 9.47 Å². The molecule has 0 saturated carbocycles. The summed E-state index contributed by atoms with van der Waals surface area (Å²) in [6.45, 7) is 0. The van der Waals surface area contributed by atoms with Crippen molar-refractivity contribution in [3.63, 3.8) is 0 Å². The lowest BCUT2D eigenvalue weighted by Gasteiger charge is -2.10. The maximum absolute atomic E-state index is 13.0. The van der Waals surface area contributed by atoms with E-state index in [9.17, 15) is 4.79 Å². The van der Waals surface area contributed by atoms with Crippen LogP contribution in [0.5, 0.6) is 11.5 Å². The van der Waals surface area contributed by atoms with Gasteiger partial charge in [0.05, 0.1) is 19.6 Å². The van der Waals surface area contributed by atoms with Gasteiger partial charge in [-0.2, -0.15) is 0 Å². The largest absolute Gasteiger partial charge is 0.493 e. The summed E-state index contributed by atoms with van der Waals surface area (Å²) >= 11 is 1.45. The van der Waals surface area contributed by atoms with Crippen molar-refractivity contribution in [1.29, 1.82) is 0 Å². The van der Waals surface area contributed by atoms with Crippen LogP contribution < -0.4 is 15.0 Å². The highest BCUT2D eigenvalue weighted by atomic mass is 32.1. The minimum atomic E-state index is -0.118. The van der Waals surface area contributed by atoms with Gasteiger partial charge in [-0.15, -0.1) is 11.3 Å². The van der Waals surface area contributed by atoms with Gasteiger partial charge in [-0.1, -0.05) is 6.07 Å². The second kappa shape index (κ2) is 6.10. The molecule has 0 aliphatic rings. The fourth-order valence-corrected chi connectivity index (χ4v) is 3.68. The number of thiophene rings is 1. The smallest absolute Gasteiger partial charge is 0.282 e. The summed E-state index contributed by atoms with van der Waals surface area (Å²) in [7, 11) is 3.19. The second-order valence-corrected chi connectivity index (χ2v) is 6.21. The Labute approximate surface area is 147 Å². The second-order valence-electron chi connectivity index (χ2n) is 5.36. The van der Waals surface area contributed by atoms with Crippen LogP contribution >= 0.6 is 11.3 Å². The van der Waals surface area contributed by atoms with E-state index in [1.807, 2.05) is 35.7 Å². The van der Waals surface area contributed by atoms with E-state index in [0.717, 1.165) is 11.1 Å². The minimum Gasteiger partial charge on any atom is -0.493 e. The molecule has 0 aliphatic heterocycles. The predicted molar refractivity (Wildman–Crippen MR) is 97.6 cm³/mol. The Morgan fingerprint density at radius 1 is 1.08 bits per heavy atom. The van der Waals surface area contributed by atoms with Crippen LogP contribution in [0.25, 0.3) is 21.3 Å². The standard InChI is InChI=1S/C18H15N3O3S/c1-23-14-6-5-12(9-15(14)24-2)13-10-25-17-16(13)18(22)21(11-19-17)20-7-3-4-8-20/h3-11H,1-2H3. The third kappa shape index (κ3) is 2.49. The molecular weight excluding hydrogens is 338 g/mol. The molecule has 4 rings (SSSR count). The molecule has 25 heavy (non-hydrogen) atoms. The van der Waals surface area contributed by atoms with Gasteiger partial charge in [-0.25, -0.2) is 9.66 Å². The maximum atomic E-state index is 13.0. The van der Waals surface area contributed by atoms with Crippen molar-refractivity contribution in [3.05, 3.63) is 64.8 Å². The molecule has 3 aromatic heterocycles. The summed E-state index contributed by atoms with van der Waals surface area (Å²) in [4.78, 5) is 18.1. The molecule has 0 amide bonds. The van der Waals surface area contributed by atoms with E-state index in [1.165, 1.54) is 16.0 Å². The summed E-state index contributed by atoms with van der Waals surface area (Å²) in [5, 5.41) is 2.54. The summed E-state index contributed by atoms with van der Waals surface area (Å²) in [5.74, 6) is 1.27. The Morgan fingerprint density at radius 2 is 1.84 bits per heavy atom. The zero-order valence-corrected chi connectivity index (χ0v) is 14.5. The lowest BCUT2D eigenvalue weighted by molar-refractivity contribution is 0.355. The predicted octanol–water partition coefficient (Wildman–Crippen LogP) is 3.26. The number of benzene rings is 1. The van der Waals surface area contributed by atoms with Crippen molar-refractivity contribution in [2.24, 2.45) is 0 Å². The molecule has 3 heterocycles. The SMILES string of the molecule is COc1ccc(-c2csc3ncn(-n4cccc4)c(=O)c23)cc1OC. The van der Waals surface area contributed by atoms with E-state index in [0.29, 0.717) is 21.7 Å². The van der Waals surface area contributed by atoms with Crippen LogP contribution in [-0.2, 0) is 0 Å². The summed E-state index contributed by atoms with van der Waals surface area (Å²) in [5.41, 5.74) is 1.60. The third-order valence-corrected chi connectivity index (χ3v) is 4.90. The molecule has 6 nitrogen and oxygen atoms in total. The molecule has 0 bridgehead atoms. The number of rotatable bonds is 4. The van der Waals surface area contributed by atoms with Crippen molar-refractivity contribution >= 4 is 21.6 Å². The Bertz CT molecular complexity index is 1100. The molecule has 0 atom stereocenters. The number of methoxy groups -OCH3 is 2. The lowest BCUT2D eigenvalue weighted by Crippen LogP contribution is -2.25. The molecule has 0 aliphatic carbocycles. The average molecular weight is 353 g/mol. The summed E-state index contributed by atoms with van der Waals surface area (Å²) in [6.07, 6.45) is 5.15. The quantitative estimate of drug-likeness (QED) is 0.565. The van der Waals surface area contributed by atoms with E-state index in [1.54, 1.807) is 37.6 Å². The van der Waals surface area contributed by atoms with Gasteiger partial charge in [0.2, 0.25) is 0 Å². The lowest BCUT2D eigenvalue weighted by atomic mass is 10.1. The van der Waals surface area contributed by atoms with E-state index < -0.39 is 0 Å². The van der Waals surface area contributed by atoms with Crippen LogP contribution in [-0.4, -0.2) is 28.6 Å². The van der Waals surface area contributed by atoms with Gasteiger partial charge in [-0.3, -0.25) is 9.47 Å². The van der Waals surface area contributed by atoms with Gasteiger partial charge < -0.3 is 9.47 Å². The highest BCUT2D eigenvalue weighted by molar-refractivity contribution is 7.17. The van der Waals surface area contributed by atoms with Crippen LogP contribution in [0.2, 0.25) is 0 Å². The number of hydrogen-bond acceptors (Lipinski definition) is 5. The molecule has 126 valence electrons. The number of aromatic nitrogens is 3. The molecular formula is C18H15N3O3S. The molecule has 0 saturated heterocycles. The first-order chi connectivity index (χ1) is 12.2. The highest BCUT2D eigenvalue weighted by Crippen LogP contribution is 2.36. The van der Waals surface area contributed by atoms with Crippen molar-refractivity contribution in [2.45, 2.75) is 0 Å². The normalized spacial score (nSPS) is 11.0. The van der Waals surface area contributed by atoms with Crippen molar-refractivity contribution in [1.82, 2.24) is 14.3 Å². The average Bonchev–Trinajstić information content (AvgIpc) is 3.31. The fraction of sp³-hybridized carbons (Fsp3) is 0.111. The van der Waals surface area contributed by atoms with Crippen LogP contribution in [0.4, 0.5) is 0 Å². The van der Waals surface area contributed by atoms with Gasteiger partial charge >= 0.3 is 0 Å². The Balaban J connectivity index is 1.94. The van der Waals surface area contributed by atoms with E-state index in [2.05, 4.69) is 4.98 Å².